The van der Waals surface area contributed by atoms with E-state index in [0.29, 0.717) is 0 Å². The molecule has 0 saturated heterocycles. The van der Waals surface area contributed by atoms with Crippen molar-refractivity contribution in [3.63, 3.8) is 0 Å². The molecule has 0 saturated carbocycles. The molecule has 1 rings (SSSR count). The maximum absolute atomic E-state index is 5.19. The second-order valence-electron chi connectivity index (χ2n) is 4.82. The first kappa shape index (κ1) is 12.0. The van der Waals surface area contributed by atoms with E-state index in [9.17, 15) is 0 Å². The lowest BCUT2D eigenvalue weighted by Gasteiger charge is -2.08. The zero-order valence-electron chi connectivity index (χ0n) is 10.1. The summed E-state index contributed by atoms with van der Waals surface area (Å²) in [4.78, 5) is 0. The van der Waals surface area contributed by atoms with E-state index in [1.54, 1.807) is 7.11 Å². The molecule has 0 spiro atoms. The van der Waals surface area contributed by atoms with Crippen LogP contribution in [0.1, 0.15) is 5.56 Å². The van der Waals surface area contributed by atoms with E-state index >= 15 is 0 Å². The molecule has 1 aromatic rings. The molecule has 0 atom stereocenters. The van der Waals surface area contributed by atoms with Gasteiger partial charge in [0.1, 0.15) is 5.75 Å². The maximum atomic E-state index is 5.19. The Labute approximate surface area is 93.8 Å². The van der Waals surface area contributed by atoms with Crippen LogP contribution in [0.2, 0.25) is 19.6 Å². The Morgan fingerprint density at radius 2 is 2.00 bits per heavy atom. The van der Waals surface area contributed by atoms with E-state index in [-0.39, 0.29) is 0 Å². The number of hydrogen-bond acceptors (Lipinski definition) is 1. The first-order valence-electron chi connectivity index (χ1n) is 5.32. The van der Waals surface area contributed by atoms with Crippen molar-refractivity contribution in [3.05, 3.63) is 41.6 Å². The van der Waals surface area contributed by atoms with Gasteiger partial charge in [-0.05, 0) is 24.1 Å². The summed E-state index contributed by atoms with van der Waals surface area (Å²) in [5.74, 6) is 0.939. The van der Waals surface area contributed by atoms with Crippen LogP contribution in [0.5, 0.6) is 5.75 Å². The number of allylic oxidation sites excluding steroid dienone is 1. The molecular formula is C13H20OSi. The van der Waals surface area contributed by atoms with Crippen molar-refractivity contribution in [2.24, 2.45) is 0 Å². The second-order valence-corrected chi connectivity index (χ2v) is 9.89. The van der Waals surface area contributed by atoms with Gasteiger partial charge in [-0.1, -0.05) is 43.5 Å². The van der Waals surface area contributed by atoms with Crippen LogP contribution in [-0.2, 0) is 6.42 Å². The predicted octanol–water partition coefficient (Wildman–Crippen LogP) is 3.67. The van der Waals surface area contributed by atoms with Crippen LogP contribution >= 0.6 is 0 Å². The molecule has 0 N–H and O–H groups in total. The average molecular weight is 220 g/mol. The van der Waals surface area contributed by atoms with Gasteiger partial charge in [-0.25, -0.2) is 0 Å². The molecule has 0 aliphatic carbocycles. The summed E-state index contributed by atoms with van der Waals surface area (Å²) in [6, 6.07) is 8.24. The lowest BCUT2D eigenvalue weighted by molar-refractivity contribution is 0.414. The maximum Gasteiger partial charge on any atom is 0.119 e. The van der Waals surface area contributed by atoms with Gasteiger partial charge in [0.15, 0.2) is 0 Å². The smallest absolute Gasteiger partial charge is 0.119 e. The lowest BCUT2D eigenvalue weighted by atomic mass is 10.1. The highest BCUT2D eigenvalue weighted by Gasteiger charge is 2.06. The van der Waals surface area contributed by atoms with Crippen LogP contribution in [0.4, 0.5) is 0 Å². The van der Waals surface area contributed by atoms with Gasteiger partial charge in [0, 0.05) is 0 Å². The molecule has 2 heteroatoms. The monoisotopic (exact) mass is 220 g/mol. The lowest BCUT2D eigenvalue weighted by Crippen LogP contribution is -2.15. The third-order valence-electron chi connectivity index (χ3n) is 2.11. The van der Waals surface area contributed by atoms with Crippen molar-refractivity contribution in [2.45, 2.75) is 26.1 Å². The molecule has 15 heavy (non-hydrogen) atoms. The molecule has 0 amide bonds. The Morgan fingerprint density at radius 3 is 2.60 bits per heavy atom. The zero-order chi connectivity index (χ0) is 11.3. The van der Waals surface area contributed by atoms with Crippen molar-refractivity contribution >= 4 is 8.07 Å². The largest absolute Gasteiger partial charge is 0.497 e. The van der Waals surface area contributed by atoms with E-state index in [0.717, 1.165) is 12.2 Å². The van der Waals surface area contributed by atoms with Gasteiger partial charge in [-0.3, -0.25) is 0 Å². The number of benzene rings is 1. The topological polar surface area (TPSA) is 9.23 Å². The fraction of sp³-hybridized carbons (Fsp3) is 0.385. The highest BCUT2D eigenvalue weighted by molar-refractivity contribution is 6.80. The Kier molecular flexibility index (Phi) is 4.15. The highest BCUT2D eigenvalue weighted by Crippen LogP contribution is 2.13. The fourth-order valence-electron chi connectivity index (χ4n) is 1.35. The summed E-state index contributed by atoms with van der Waals surface area (Å²) < 4.78 is 5.19. The normalized spacial score (nSPS) is 12.0. The molecule has 0 aliphatic rings. The molecule has 0 bridgehead atoms. The van der Waals surface area contributed by atoms with E-state index in [1.165, 1.54) is 5.56 Å². The molecule has 82 valence electrons. The first-order valence-corrected chi connectivity index (χ1v) is 8.89. The van der Waals surface area contributed by atoms with Gasteiger partial charge >= 0.3 is 0 Å². The summed E-state index contributed by atoms with van der Waals surface area (Å²) in [5, 5.41) is 0. The molecule has 1 aromatic carbocycles. The number of hydrogen-bond donors (Lipinski definition) is 0. The molecule has 0 unspecified atom stereocenters. The van der Waals surface area contributed by atoms with E-state index in [4.69, 9.17) is 4.74 Å². The van der Waals surface area contributed by atoms with Gasteiger partial charge in [-0.2, -0.15) is 0 Å². The number of rotatable bonds is 4. The average Bonchev–Trinajstić information content (AvgIpc) is 2.16. The molecule has 1 nitrogen and oxygen atoms in total. The summed E-state index contributed by atoms with van der Waals surface area (Å²) in [6.07, 6.45) is 3.28. The van der Waals surface area contributed by atoms with Crippen LogP contribution in [0.25, 0.3) is 0 Å². The fourth-order valence-corrected chi connectivity index (χ4v) is 2.17. The van der Waals surface area contributed by atoms with Gasteiger partial charge in [0.2, 0.25) is 0 Å². The molecule has 0 aliphatic heterocycles. The number of methoxy groups -OCH3 is 1. The van der Waals surface area contributed by atoms with E-state index in [1.807, 2.05) is 12.1 Å². The number of ether oxygens (including phenoxy) is 1. The van der Waals surface area contributed by atoms with Crippen molar-refractivity contribution in [1.29, 1.82) is 0 Å². The van der Waals surface area contributed by atoms with Crippen LogP contribution in [0.15, 0.2) is 36.0 Å². The van der Waals surface area contributed by atoms with Crippen LogP contribution < -0.4 is 4.74 Å². The minimum absolute atomic E-state index is 0.939. The van der Waals surface area contributed by atoms with Crippen molar-refractivity contribution in [2.75, 3.05) is 7.11 Å². The quantitative estimate of drug-likeness (QED) is 0.703. The molecule has 0 fully saturated rings. The van der Waals surface area contributed by atoms with Crippen molar-refractivity contribution in [3.8, 4) is 5.75 Å². The Balaban J connectivity index is 2.61. The van der Waals surface area contributed by atoms with Crippen molar-refractivity contribution < 1.29 is 4.74 Å². The van der Waals surface area contributed by atoms with Crippen molar-refractivity contribution in [1.82, 2.24) is 0 Å². The zero-order valence-corrected chi connectivity index (χ0v) is 11.1. The summed E-state index contributed by atoms with van der Waals surface area (Å²) in [5.41, 5.74) is 3.69. The third-order valence-corrected chi connectivity index (χ3v) is 3.34. The Hall–Kier alpha value is -1.02. The molecule has 0 radical (unpaired) electrons. The van der Waals surface area contributed by atoms with Gasteiger partial charge in [0.25, 0.3) is 0 Å². The summed E-state index contributed by atoms with van der Waals surface area (Å²) >= 11 is 0. The van der Waals surface area contributed by atoms with Gasteiger partial charge in [0.05, 0.1) is 15.2 Å². The SMILES string of the molecule is COc1cccc(C/C=C/[Si](C)(C)C)c1. The standard InChI is InChI=1S/C13H20OSi/c1-14-13-9-5-7-12(11-13)8-6-10-15(2,3)4/h5-7,9-11H,8H2,1-4H3/b10-6+. The Morgan fingerprint density at radius 1 is 1.27 bits per heavy atom. The Bertz CT molecular complexity index is 337. The third kappa shape index (κ3) is 4.84. The highest BCUT2D eigenvalue weighted by atomic mass is 28.3. The molecule has 0 aromatic heterocycles. The van der Waals surface area contributed by atoms with Gasteiger partial charge < -0.3 is 4.74 Å². The van der Waals surface area contributed by atoms with Gasteiger partial charge in [-0.15, -0.1) is 0 Å². The minimum atomic E-state index is -1.04. The summed E-state index contributed by atoms with van der Waals surface area (Å²) in [7, 11) is 0.661. The minimum Gasteiger partial charge on any atom is -0.497 e. The van der Waals surface area contributed by atoms with Crippen LogP contribution in [-0.4, -0.2) is 15.2 Å². The van der Waals surface area contributed by atoms with Crippen LogP contribution in [0, 0.1) is 0 Å². The molecular weight excluding hydrogens is 200 g/mol. The predicted molar refractivity (Wildman–Crippen MR) is 69.2 cm³/mol. The second kappa shape index (κ2) is 5.17. The van der Waals surface area contributed by atoms with Crippen LogP contribution in [0.3, 0.4) is 0 Å². The van der Waals surface area contributed by atoms with E-state index < -0.39 is 8.07 Å². The van der Waals surface area contributed by atoms with E-state index in [2.05, 4.69) is 43.5 Å². The first-order chi connectivity index (χ1) is 7.01. The molecule has 0 heterocycles. The summed E-state index contributed by atoms with van der Waals surface area (Å²) in [6.45, 7) is 7.03.